The fourth-order valence-corrected chi connectivity index (χ4v) is 1.86. The van der Waals surface area contributed by atoms with Crippen molar-refractivity contribution >= 4 is 23.4 Å². The van der Waals surface area contributed by atoms with Gasteiger partial charge in [-0.05, 0) is 26.0 Å². The molecule has 0 atom stereocenters. The molecule has 14 heavy (non-hydrogen) atoms. The van der Waals surface area contributed by atoms with Crippen LogP contribution in [-0.4, -0.2) is 22.7 Å². The molecule has 0 aliphatic carbocycles. The monoisotopic (exact) mass is 231 g/mol. The van der Waals surface area contributed by atoms with Gasteiger partial charge in [0.15, 0.2) is 5.75 Å². The van der Waals surface area contributed by atoms with Gasteiger partial charge in [-0.25, -0.2) is 4.98 Å². The third-order valence-corrected chi connectivity index (χ3v) is 2.82. The predicted octanol–water partition coefficient (Wildman–Crippen LogP) is 3.20. The van der Waals surface area contributed by atoms with Crippen LogP contribution >= 0.6 is 23.4 Å². The van der Waals surface area contributed by atoms with Crippen LogP contribution < -0.4 is 4.74 Å². The maximum absolute atomic E-state index is 5.62. The molecule has 0 radical (unpaired) electrons. The number of rotatable bonds is 5. The van der Waals surface area contributed by atoms with Gasteiger partial charge in [0.2, 0.25) is 0 Å². The summed E-state index contributed by atoms with van der Waals surface area (Å²) < 4.78 is 5.62. The van der Waals surface area contributed by atoms with Crippen LogP contribution in [-0.2, 0) is 0 Å². The second-order valence-corrected chi connectivity index (χ2v) is 4.47. The largest absolute Gasteiger partial charge is 0.488 e. The molecular formula is C10H14ClNOS. The zero-order valence-corrected chi connectivity index (χ0v) is 9.94. The van der Waals surface area contributed by atoms with Gasteiger partial charge in [0.25, 0.3) is 0 Å². The number of hydrogen-bond donors (Lipinski definition) is 0. The van der Waals surface area contributed by atoms with Crippen molar-refractivity contribution in [3.8, 4) is 5.75 Å². The van der Waals surface area contributed by atoms with Gasteiger partial charge < -0.3 is 4.74 Å². The molecule has 0 amide bonds. The van der Waals surface area contributed by atoms with Crippen LogP contribution in [0.3, 0.4) is 0 Å². The average Bonchev–Trinajstić information content (AvgIpc) is 2.16. The lowest BCUT2D eigenvalue weighted by molar-refractivity contribution is 0.234. The molecule has 78 valence electrons. The first-order valence-corrected chi connectivity index (χ1v) is 6.06. The van der Waals surface area contributed by atoms with E-state index < -0.39 is 0 Å². The van der Waals surface area contributed by atoms with E-state index in [1.165, 1.54) is 0 Å². The fraction of sp³-hybridized carbons (Fsp3) is 0.500. The van der Waals surface area contributed by atoms with Gasteiger partial charge in [0.05, 0.1) is 6.10 Å². The van der Waals surface area contributed by atoms with Gasteiger partial charge in [-0.3, -0.25) is 0 Å². The van der Waals surface area contributed by atoms with Crippen molar-refractivity contribution in [1.29, 1.82) is 0 Å². The van der Waals surface area contributed by atoms with E-state index in [1.807, 2.05) is 26.0 Å². The molecule has 0 bridgehead atoms. The molecule has 0 N–H and O–H groups in total. The number of aromatic nitrogens is 1. The summed E-state index contributed by atoms with van der Waals surface area (Å²) in [5.74, 6) is 2.33. The van der Waals surface area contributed by atoms with E-state index in [4.69, 9.17) is 16.3 Å². The van der Waals surface area contributed by atoms with Crippen molar-refractivity contribution in [1.82, 2.24) is 4.98 Å². The van der Waals surface area contributed by atoms with Crippen molar-refractivity contribution in [2.24, 2.45) is 0 Å². The number of hydrogen-bond acceptors (Lipinski definition) is 3. The quantitative estimate of drug-likeness (QED) is 0.574. The molecule has 0 saturated carbocycles. The number of thioether (sulfide) groups is 1. The molecule has 2 nitrogen and oxygen atoms in total. The van der Waals surface area contributed by atoms with Crippen molar-refractivity contribution < 1.29 is 4.74 Å². The first-order valence-electron chi connectivity index (χ1n) is 4.54. The van der Waals surface area contributed by atoms with E-state index >= 15 is 0 Å². The van der Waals surface area contributed by atoms with Crippen molar-refractivity contribution in [2.45, 2.75) is 25.0 Å². The number of alkyl halides is 1. The number of ether oxygens (including phenoxy) is 1. The summed E-state index contributed by atoms with van der Waals surface area (Å²) in [6.45, 7) is 4.01. The van der Waals surface area contributed by atoms with E-state index in [1.54, 1.807) is 18.0 Å². The van der Waals surface area contributed by atoms with Gasteiger partial charge in [-0.2, -0.15) is 0 Å². The number of halogens is 1. The van der Waals surface area contributed by atoms with Gasteiger partial charge in [-0.1, -0.05) is 0 Å². The first kappa shape index (κ1) is 11.7. The number of nitrogens with zero attached hydrogens (tertiary/aromatic N) is 1. The summed E-state index contributed by atoms with van der Waals surface area (Å²) in [6, 6.07) is 3.81. The molecule has 0 unspecified atom stereocenters. The Morgan fingerprint density at radius 2 is 2.36 bits per heavy atom. The Morgan fingerprint density at radius 3 is 3.00 bits per heavy atom. The number of pyridine rings is 1. The summed E-state index contributed by atoms with van der Waals surface area (Å²) >= 11 is 7.24. The van der Waals surface area contributed by atoms with E-state index in [2.05, 4.69) is 4.98 Å². The van der Waals surface area contributed by atoms with Crippen molar-refractivity contribution in [2.75, 3.05) is 11.6 Å². The Balaban J connectivity index is 2.69. The molecule has 0 aliphatic rings. The molecule has 0 fully saturated rings. The molecule has 1 aromatic rings. The molecule has 4 heteroatoms. The SMILES string of the molecule is CC(C)Oc1cccnc1SCCCl. The molecule has 1 heterocycles. The summed E-state index contributed by atoms with van der Waals surface area (Å²) in [7, 11) is 0. The lowest BCUT2D eigenvalue weighted by atomic mass is 10.4. The van der Waals surface area contributed by atoms with Crippen LogP contribution in [0.2, 0.25) is 0 Å². The van der Waals surface area contributed by atoms with Crippen LogP contribution in [0.1, 0.15) is 13.8 Å². The van der Waals surface area contributed by atoms with Gasteiger partial charge in [0.1, 0.15) is 5.03 Å². The van der Waals surface area contributed by atoms with Gasteiger partial charge >= 0.3 is 0 Å². The Morgan fingerprint density at radius 1 is 1.57 bits per heavy atom. The molecule has 0 aliphatic heterocycles. The first-order chi connectivity index (χ1) is 6.74. The van der Waals surface area contributed by atoms with Gasteiger partial charge in [-0.15, -0.1) is 23.4 Å². The summed E-state index contributed by atoms with van der Waals surface area (Å²) in [5, 5.41) is 0.918. The van der Waals surface area contributed by atoms with E-state index in [9.17, 15) is 0 Å². The molecular weight excluding hydrogens is 218 g/mol. The minimum atomic E-state index is 0.176. The lowest BCUT2D eigenvalue weighted by Crippen LogP contribution is -2.06. The summed E-state index contributed by atoms with van der Waals surface area (Å²) in [6.07, 6.45) is 1.94. The highest BCUT2D eigenvalue weighted by molar-refractivity contribution is 7.99. The minimum Gasteiger partial charge on any atom is -0.488 e. The third kappa shape index (κ3) is 3.76. The van der Waals surface area contributed by atoms with Crippen molar-refractivity contribution in [3.63, 3.8) is 0 Å². The predicted molar refractivity (Wildman–Crippen MR) is 61.4 cm³/mol. The van der Waals surface area contributed by atoms with E-state index in [-0.39, 0.29) is 6.10 Å². The highest BCUT2D eigenvalue weighted by atomic mass is 35.5. The maximum atomic E-state index is 5.62. The maximum Gasteiger partial charge on any atom is 0.151 e. The average molecular weight is 232 g/mol. The van der Waals surface area contributed by atoms with Crippen LogP contribution in [0.5, 0.6) is 5.75 Å². The zero-order chi connectivity index (χ0) is 10.4. The van der Waals surface area contributed by atoms with E-state index in [0.29, 0.717) is 5.88 Å². The molecule has 0 spiro atoms. The molecule has 0 saturated heterocycles. The molecule has 0 aromatic carbocycles. The van der Waals surface area contributed by atoms with Crippen LogP contribution in [0.4, 0.5) is 0 Å². The standard InChI is InChI=1S/C10H14ClNOS/c1-8(2)13-9-4-3-6-12-10(9)14-7-5-11/h3-4,6,8H,5,7H2,1-2H3. The summed E-state index contributed by atoms with van der Waals surface area (Å²) in [5.41, 5.74) is 0. The Labute approximate surface area is 94.0 Å². The third-order valence-electron chi connectivity index (χ3n) is 1.41. The fourth-order valence-electron chi connectivity index (χ4n) is 0.963. The minimum absolute atomic E-state index is 0.176. The van der Waals surface area contributed by atoms with Crippen LogP contribution in [0.25, 0.3) is 0 Å². The summed E-state index contributed by atoms with van der Waals surface area (Å²) in [4.78, 5) is 4.25. The zero-order valence-electron chi connectivity index (χ0n) is 8.37. The van der Waals surface area contributed by atoms with Crippen LogP contribution in [0.15, 0.2) is 23.4 Å². The Bertz CT molecular complexity index is 281. The van der Waals surface area contributed by atoms with E-state index in [0.717, 1.165) is 16.5 Å². The molecule has 1 rings (SSSR count). The Kier molecular flexibility index (Phi) is 5.12. The molecule has 1 aromatic heterocycles. The Hall–Kier alpha value is -0.410. The van der Waals surface area contributed by atoms with Crippen molar-refractivity contribution in [3.05, 3.63) is 18.3 Å². The topological polar surface area (TPSA) is 22.1 Å². The van der Waals surface area contributed by atoms with Gasteiger partial charge in [0, 0.05) is 17.8 Å². The highest BCUT2D eigenvalue weighted by Crippen LogP contribution is 2.27. The lowest BCUT2D eigenvalue weighted by Gasteiger charge is -2.12. The van der Waals surface area contributed by atoms with Crippen LogP contribution in [0, 0.1) is 0 Å². The normalized spacial score (nSPS) is 10.6. The smallest absolute Gasteiger partial charge is 0.151 e. The second-order valence-electron chi connectivity index (χ2n) is 3.01. The second kappa shape index (κ2) is 6.14. The highest BCUT2D eigenvalue weighted by Gasteiger charge is 2.06.